The van der Waals surface area contributed by atoms with Crippen LogP contribution >= 0.6 is 11.8 Å². The van der Waals surface area contributed by atoms with Gasteiger partial charge in [0.2, 0.25) is 0 Å². The van der Waals surface area contributed by atoms with Crippen LogP contribution in [0.15, 0.2) is 28.1 Å². The average Bonchev–Trinajstić information content (AvgIpc) is 2.60. The fourth-order valence-corrected chi connectivity index (χ4v) is 3.22. The maximum Gasteiger partial charge on any atom is 0.260 e. The molecule has 3 rings (SSSR count). The number of hydrogen-bond acceptors (Lipinski definition) is 5. The number of para-hydroxylation sites is 1. The highest BCUT2D eigenvalue weighted by Gasteiger charge is 2.20. The van der Waals surface area contributed by atoms with Gasteiger partial charge in [0.1, 0.15) is 0 Å². The van der Waals surface area contributed by atoms with Crippen molar-refractivity contribution >= 4 is 35.8 Å². The van der Waals surface area contributed by atoms with Crippen molar-refractivity contribution in [2.24, 2.45) is 4.99 Å². The fourth-order valence-electron chi connectivity index (χ4n) is 2.67. The van der Waals surface area contributed by atoms with E-state index in [9.17, 15) is 4.79 Å². The molecule has 0 aliphatic carbocycles. The van der Waals surface area contributed by atoms with Crippen molar-refractivity contribution < 1.29 is 4.79 Å². The molecular weight excluding hydrogens is 296 g/mol. The van der Waals surface area contributed by atoms with E-state index in [4.69, 9.17) is 0 Å². The van der Waals surface area contributed by atoms with Gasteiger partial charge < -0.3 is 15.5 Å². The van der Waals surface area contributed by atoms with Crippen molar-refractivity contribution in [2.45, 2.75) is 6.54 Å². The summed E-state index contributed by atoms with van der Waals surface area (Å²) in [6.45, 7) is 4.05. The van der Waals surface area contributed by atoms with Crippen LogP contribution < -0.4 is 10.6 Å². The minimum absolute atomic E-state index is 0.115. The quantitative estimate of drug-likeness (QED) is 0.832. The maximum atomic E-state index is 12.7. The van der Waals surface area contributed by atoms with Gasteiger partial charge in [-0.2, -0.15) is 0 Å². The van der Waals surface area contributed by atoms with Gasteiger partial charge in [-0.15, -0.1) is 11.8 Å². The molecule has 2 aliphatic heterocycles. The van der Waals surface area contributed by atoms with Gasteiger partial charge >= 0.3 is 0 Å². The minimum atomic E-state index is 0.115. The Balaban J connectivity index is 1.89. The Morgan fingerprint density at radius 2 is 2.18 bits per heavy atom. The van der Waals surface area contributed by atoms with Crippen molar-refractivity contribution in [3.8, 4) is 0 Å². The topological polar surface area (TPSA) is 56.7 Å². The monoisotopic (exact) mass is 316 g/mol. The van der Waals surface area contributed by atoms with Crippen molar-refractivity contribution in [3.63, 3.8) is 0 Å². The number of aliphatic imine (C=N–C) groups is 1. The fraction of sp³-hybridized carbons (Fsp3) is 0.375. The number of nitrogens with zero attached hydrogens (tertiary/aromatic N) is 2. The molecule has 2 N–H and O–H groups in total. The van der Waals surface area contributed by atoms with E-state index in [1.165, 1.54) is 11.8 Å². The highest BCUT2D eigenvalue weighted by Crippen LogP contribution is 2.30. The second-order valence-corrected chi connectivity index (χ2v) is 6.10. The Kier molecular flexibility index (Phi) is 4.80. The van der Waals surface area contributed by atoms with Crippen LogP contribution in [0.4, 0.5) is 5.69 Å². The first-order valence-electron chi connectivity index (χ1n) is 7.43. The number of carbonyl (C=O) groups excluding carboxylic acids is 1. The van der Waals surface area contributed by atoms with Crippen LogP contribution in [0, 0.1) is 0 Å². The van der Waals surface area contributed by atoms with Crippen molar-refractivity contribution in [1.29, 1.82) is 0 Å². The van der Waals surface area contributed by atoms with E-state index in [1.54, 1.807) is 6.34 Å². The lowest BCUT2D eigenvalue weighted by Gasteiger charge is -2.28. The molecule has 22 heavy (non-hydrogen) atoms. The van der Waals surface area contributed by atoms with Crippen molar-refractivity contribution in [3.05, 3.63) is 34.2 Å². The molecule has 2 aliphatic rings. The molecule has 0 atom stereocenters. The van der Waals surface area contributed by atoms with Crippen LogP contribution in [0.1, 0.15) is 11.1 Å². The van der Waals surface area contributed by atoms with Crippen LogP contribution in [0.3, 0.4) is 0 Å². The summed E-state index contributed by atoms with van der Waals surface area (Å²) >= 11 is 1.50. The van der Waals surface area contributed by atoms with E-state index in [2.05, 4.69) is 21.7 Å². The summed E-state index contributed by atoms with van der Waals surface area (Å²) in [7, 11) is 0. The summed E-state index contributed by atoms with van der Waals surface area (Å²) in [6.07, 6.45) is 5.64. The summed E-state index contributed by atoms with van der Waals surface area (Å²) in [6, 6.07) is 6.09. The van der Waals surface area contributed by atoms with E-state index in [0.717, 1.165) is 54.4 Å². The number of nitrogens with one attached hydrogen (secondary N) is 2. The first-order valence-corrected chi connectivity index (χ1v) is 8.65. The Morgan fingerprint density at radius 3 is 2.95 bits per heavy atom. The summed E-state index contributed by atoms with van der Waals surface area (Å²) < 4.78 is 0. The van der Waals surface area contributed by atoms with E-state index < -0.39 is 0 Å². The lowest BCUT2D eigenvalue weighted by molar-refractivity contribution is -0.126. The lowest BCUT2D eigenvalue weighted by atomic mass is 10.1. The molecule has 1 saturated heterocycles. The molecule has 0 aromatic heterocycles. The molecule has 1 aromatic carbocycles. The first-order chi connectivity index (χ1) is 10.8. The van der Waals surface area contributed by atoms with Gasteiger partial charge in [0, 0.05) is 38.3 Å². The molecule has 0 saturated carbocycles. The number of piperazine rings is 1. The molecule has 1 amide bonds. The molecule has 0 spiro atoms. The van der Waals surface area contributed by atoms with Gasteiger partial charge in [0.05, 0.1) is 16.9 Å². The van der Waals surface area contributed by atoms with Crippen molar-refractivity contribution in [2.75, 3.05) is 32.4 Å². The molecule has 0 radical (unpaired) electrons. The van der Waals surface area contributed by atoms with E-state index in [-0.39, 0.29) is 5.91 Å². The van der Waals surface area contributed by atoms with Crippen LogP contribution in [-0.2, 0) is 11.3 Å². The molecule has 116 valence electrons. The van der Waals surface area contributed by atoms with E-state index in [0.29, 0.717) is 0 Å². The van der Waals surface area contributed by atoms with Gasteiger partial charge in [0.25, 0.3) is 5.91 Å². The average molecular weight is 316 g/mol. The third-order valence-electron chi connectivity index (χ3n) is 3.85. The minimum Gasteiger partial charge on any atom is -0.372 e. The van der Waals surface area contributed by atoms with Crippen LogP contribution in [0.5, 0.6) is 0 Å². The zero-order valence-electron chi connectivity index (χ0n) is 12.6. The highest BCUT2D eigenvalue weighted by molar-refractivity contribution is 8.03. The Morgan fingerprint density at radius 1 is 1.36 bits per heavy atom. The molecule has 2 heterocycles. The van der Waals surface area contributed by atoms with Gasteiger partial charge in [-0.25, -0.2) is 4.99 Å². The van der Waals surface area contributed by atoms with Crippen LogP contribution in [0.25, 0.3) is 6.08 Å². The predicted molar refractivity (Wildman–Crippen MR) is 92.4 cm³/mol. The Hall–Kier alpha value is -1.79. The van der Waals surface area contributed by atoms with Gasteiger partial charge in [-0.05, 0) is 17.9 Å². The summed E-state index contributed by atoms with van der Waals surface area (Å²) in [5.74, 6) is 0.115. The number of rotatable bonds is 3. The third-order valence-corrected chi connectivity index (χ3v) is 4.58. The highest BCUT2D eigenvalue weighted by atomic mass is 32.2. The van der Waals surface area contributed by atoms with Crippen LogP contribution in [-0.4, -0.2) is 49.6 Å². The standard InChI is InChI=1S/C16H20N4OS/c1-22-14(16(21)20-7-5-17-6-8-20)9-12-3-2-4-13-10-18-11-19-15(12)13/h2-4,9,11,17H,5-8,10H2,1H3,(H,18,19)/b14-9-. The number of hydrogen-bond donors (Lipinski definition) is 2. The molecule has 0 unspecified atom stereocenters. The third kappa shape index (κ3) is 3.18. The summed E-state index contributed by atoms with van der Waals surface area (Å²) in [5.41, 5.74) is 3.12. The number of fused-ring (bicyclic) bond motifs is 1. The van der Waals surface area contributed by atoms with Crippen LogP contribution in [0.2, 0.25) is 0 Å². The largest absolute Gasteiger partial charge is 0.372 e. The van der Waals surface area contributed by atoms with Crippen molar-refractivity contribution in [1.82, 2.24) is 15.5 Å². The number of amides is 1. The molecule has 6 heteroatoms. The Bertz CT molecular complexity index is 621. The van der Waals surface area contributed by atoms with E-state index >= 15 is 0 Å². The maximum absolute atomic E-state index is 12.7. The number of carbonyl (C=O) groups is 1. The number of thioether (sulfide) groups is 1. The molecule has 5 nitrogen and oxygen atoms in total. The molecule has 0 bridgehead atoms. The molecule has 1 aromatic rings. The first kappa shape index (κ1) is 15.1. The number of benzene rings is 1. The molecule has 1 fully saturated rings. The van der Waals surface area contributed by atoms with Gasteiger partial charge in [-0.1, -0.05) is 18.2 Å². The zero-order chi connectivity index (χ0) is 15.4. The normalized spacial score (nSPS) is 17.9. The predicted octanol–water partition coefficient (Wildman–Crippen LogP) is 1.59. The van der Waals surface area contributed by atoms with Gasteiger partial charge in [0.15, 0.2) is 0 Å². The Labute approximate surface area is 134 Å². The second-order valence-electron chi connectivity index (χ2n) is 5.25. The summed E-state index contributed by atoms with van der Waals surface area (Å²) in [4.78, 5) is 19.8. The summed E-state index contributed by atoms with van der Waals surface area (Å²) in [5, 5.41) is 6.38. The smallest absolute Gasteiger partial charge is 0.260 e. The molecular formula is C16H20N4OS. The van der Waals surface area contributed by atoms with E-state index in [1.807, 2.05) is 29.4 Å². The zero-order valence-corrected chi connectivity index (χ0v) is 13.4. The second kappa shape index (κ2) is 6.98. The van der Waals surface area contributed by atoms with Gasteiger partial charge in [-0.3, -0.25) is 4.79 Å². The SMILES string of the molecule is CS/C(=C\c1cccc2c1N=CNC2)C(=O)N1CCNCC1. The lowest BCUT2D eigenvalue weighted by Crippen LogP contribution is -2.46.